The molecule has 12 rings (SSSR count). The molecule has 0 fully saturated rings. The van der Waals surface area contributed by atoms with Crippen LogP contribution in [0, 0.1) is 0 Å². The lowest BCUT2D eigenvalue weighted by Gasteiger charge is -2.31. The molecule has 2 aromatic heterocycles. The quantitative estimate of drug-likeness (QED) is 0.190. The van der Waals surface area contributed by atoms with E-state index >= 15 is 0 Å². The monoisotopic (exact) mass is 766 g/mol. The number of thiophene rings is 1. The third kappa shape index (κ3) is 5.36. The topological polar surface area (TPSA) is 41.7 Å². The summed E-state index contributed by atoms with van der Waals surface area (Å²) < 4.78 is 5.12. The highest BCUT2D eigenvalue weighted by Gasteiger charge is 2.41. The number of nitrogens with zero attached hydrogens (tertiary/aromatic N) is 3. The minimum atomic E-state index is -0.414. The lowest BCUT2D eigenvalue weighted by molar-refractivity contribution is 0.687. The van der Waals surface area contributed by atoms with Crippen LogP contribution in [0.3, 0.4) is 0 Å². The average Bonchev–Trinajstić information content (AvgIpc) is 3.95. The van der Waals surface area contributed by atoms with Gasteiger partial charge in [-0.2, -0.15) is 0 Å². The predicted molar refractivity (Wildman–Crippen MR) is 242 cm³/mol. The summed E-state index contributed by atoms with van der Waals surface area (Å²) in [4.78, 5) is 12.1. The van der Waals surface area contributed by atoms with E-state index in [9.17, 15) is 0 Å². The summed E-state index contributed by atoms with van der Waals surface area (Å²) in [7, 11) is 0. The van der Waals surface area contributed by atoms with E-state index in [1.165, 1.54) is 69.1 Å². The Balaban J connectivity index is 1.04. The van der Waals surface area contributed by atoms with Gasteiger partial charge in [0.1, 0.15) is 11.7 Å². The van der Waals surface area contributed by atoms with Crippen LogP contribution in [0.4, 0.5) is 0 Å². The smallest absolute Gasteiger partial charge is 0.166 e. The molecule has 3 aliphatic rings. The van der Waals surface area contributed by atoms with Crippen LogP contribution < -0.4 is 5.32 Å². The standard InChI is InChI=1S/C51H34N4S2/c1-3-13-31(14-4-1)49-52-50(32-15-5-2-6-16-32)54-51(53-49)41-29-35(30-47-48(41)38-19-9-12-22-45(38)57-47)55-42-20-10-7-17-36(42)39-27-33(23-25-43(39)55)34-24-26-46-40(28-34)37-18-8-11-21-44(37)56-46/h1-30,47-48,51H,(H,52,53,54). The maximum atomic E-state index is 5.41. The molecule has 6 heteroatoms. The first-order valence-electron chi connectivity index (χ1n) is 19.4. The van der Waals surface area contributed by atoms with Crippen LogP contribution in [0.25, 0.3) is 58.8 Å². The van der Waals surface area contributed by atoms with Gasteiger partial charge in [0.15, 0.2) is 6.17 Å². The number of aliphatic imine (C=N–C) groups is 2. The molecule has 1 aliphatic carbocycles. The molecule has 270 valence electrons. The normalized spacial score (nSPS) is 17.9. The van der Waals surface area contributed by atoms with E-state index in [-0.39, 0.29) is 11.2 Å². The van der Waals surface area contributed by atoms with Gasteiger partial charge in [-0.15, -0.1) is 23.1 Å². The van der Waals surface area contributed by atoms with Crippen molar-refractivity contribution in [1.29, 1.82) is 0 Å². The van der Waals surface area contributed by atoms with E-state index in [0.29, 0.717) is 0 Å². The second-order valence-electron chi connectivity index (χ2n) is 14.9. The summed E-state index contributed by atoms with van der Waals surface area (Å²) in [6.07, 6.45) is 4.47. The molecule has 0 amide bonds. The third-order valence-corrected chi connectivity index (χ3v) is 14.1. The Labute approximate surface area is 338 Å². The zero-order chi connectivity index (χ0) is 37.5. The van der Waals surface area contributed by atoms with Crippen LogP contribution in [-0.4, -0.2) is 27.7 Å². The number of aromatic nitrogens is 1. The summed E-state index contributed by atoms with van der Waals surface area (Å²) in [6.45, 7) is 0. The fourth-order valence-electron chi connectivity index (χ4n) is 9.01. The van der Waals surface area contributed by atoms with Gasteiger partial charge in [0.05, 0.1) is 11.0 Å². The number of nitrogens with one attached hydrogen (secondary N) is 1. The van der Waals surface area contributed by atoms with E-state index in [2.05, 4.69) is 180 Å². The van der Waals surface area contributed by atoms with Crippen LogP contribution in [0.5, 0.6) is 0 Å². The molecule has 9 aromatic rings. The van der Waals surface area contributed by atoms with Crippen molar-refractivity contribution in [3.05, 3.63) is 204 Å². The number of allylic oxidation sites excluding steroid dienone is 2. The fourth-order valence-corrected chi connectivity index (χ4v) is 11.5. The Kier molecular flexibility index (Phi) is 7.50. The highest BCUT2D eigenvalue weighted by molar-refractivity contribution is 8.00. The molecule has 2 unspecified atom stereocenters. The zero-order valence-corrected chi connectivity index (χ0v) is 32.3. The van der Waals surface area contributed by atoms with Gasteiger partial charge in [-0.05, 0) is 76.9 Å². The molecule has 2 aliphatic heterocycles. The molecule has 0 saturated carbocycles. The van der Waals surface area contributed by atoms with Crippen LogP contribution in [-0.2, 0) is 0 Å². The van der Waals surface area contributed by atoms with Gasteiger partial charge in [0.25, 0.3) is 0 Å². The first-order chi connectivity index (χ1) is 28.2. The Hall–Kier alpha value is -6.47. The van der Waals surface area contributed by atoms with E-state index in [0.717, 1.165) is 28.5 Å². The molecule has 0 spiro atoms. The van der Waals surface area contributed by atoms with Crippen LogP contribution in [0.15, 0.2) is 202 Å². The lowest BCUT2D eigenvalue weighted by atomic mass is 9.82. The summed E-state index contributed by atoms with van der Waals surface area (Å²) in [5.41, 5.74) is 10.6. The molecule has 0 bridgehead atoms. The molecule has 1 N–H and O–H groups in total. The van der Waals surface area contributed by atoms with Crippen molar-refractivity contribution in [2.24, 2.45) is 9.98 Å². The second-order valence-corrected chi connectivity index (χ2v) is 17.2. The lowest BCUT2D eigenvalue weighted by Crippen LogP contribution is -2.39. The minimum Gasteiger partial charge on any atom is -0.324 e. The molecule has 7 aromatic carbocycles. The van der Waals surface area contributed by atoms with E-state index in [1.54, 1.807) is 0 Å². The van der Waals surface area contributed by atoms with Crippen molar-refractivity contribution >= 4 is 82.4 Å². The number of fused-ring (bicyclic) bond motifs is 9. The van der Waals surface area contributed by atoms with E-state index in [4.69, 9.17) is 9.98 Å². The largest absolute Gasteiger partial charge is 0.324 e. The van der Waals surface area contributed by atoms with Gasteiger partial charge < -0.3 is 9.88 Å². The number of rotatable bonds is 5. The van der Waals surface area contributed by atoms with Gasteiger partial charge in [0.2, 0.25) is 0 Å². The van der Waals surface area contributed by atoms with E-state index in [1.807, 2.05) is 35.2 Å². The number of para-hydroxylation sites is 1. The summed E-state index contributed by atoms with van der Waals surface area (Å²) in [5, 5.41) is 8.93. The van der Waals surface area contributed by atoms with Gasteiger partial charge in [-0.25, -0.2) is 9.98 Å². The predicted octanol–water partition coefficient (Wildman–Crippen LogP) is 12.7. The molecule has 0 radical (unpaired) electrons. The molecule has 4 heterocycles. The number of amidine groups is 2. The Morgan fingerprint density at radius 3 is 1.91 bits per heavy atom. The Bertz CT molecular complexity index is 3150. The molecule has 57 heavy (non-hydrogen) atoms. The molecule has 0 saturated heterocycles. The number of hydrogen-bond acceptors (Lipinski definition) is 5. The van der Waals surface area contributed by atoms with Crippen LogP contribution in [0.2, 0.25) is 0 Å². The van der Waals surface area contributed by atoms with Crippen molar-refractivity contribution in [2.75, 3.05) is 0 Å². The highest BCUT2D eigenvalue weighted by Crippen LogP contribution is 2.54. The van der Waals surface area contributed by atoms with Crippen molar-refractivity contribution in [2.45, 2.75) is 22.2 Å². The SMILES string of the molecule is C1=C(C2N=C(c3ccccc3)NC(c3ccccc3)=N2)C2c3ccccc3SC2C=C1n1c2ccccc2c2cc(-c3ccc4sc5ccccc5c4c3)ccc21. The first kappa shape index (κ1) is 32.7. The molecular weight excluding hydrogens is 733 g/mol. The zero-order valence-electron chi connectivity index (χ0n) is 30.7. The third-order valence-electron chi connectivity index (χ3n) is 11.6. The molecule has 4 nitrogen and oxygen atoms in total. The van der Waals surface area contributed by atoms with Gasteiger partial charge >= 0.3 is 0 Å². The van der Waals surface area contributed by atoms with Crippen molar-refractivity contribution in [3.8, 4) is 11.1 Å². The minimum absolute atomic E-state index is 0.141. The maximum absolute atomic E-state index is 5.41. The van der Waals surface area contributed by atoms with Crippen molar-refractivity contribution in [3.63, 3.8) is 0 Å². The van der Waals surface area contributed by atoms with Crippen molar-refractivity contribution in [1.82, 2.24) is 9.88 Å². The van der Waals surface area contributed by atoms with Gasteiger partial charge in [-0.3, -0.25) is 0 Å². The Morgan fingerprint density at radius 1 is 0.509 bits per heavy atom. The van der Waals surface area contributed by atoms with Gasteiger partial charge in [-0.1, -0.05) is 127 Å². The summed E-state index contributed by atoms with van der Waals surface area (Å²) >= 11 is 3.82. The van der Waals surface area contributed by atoms with Crippen molar-refractivity contribution < 1.29 is 0 Å². The Morgan fingerprint density at radius 2 is 1.12 bits per heavy atom. The summed E-state index contributed by atoms with van der Waals surface area (Å²) in [5.74, 6) is 1.81. The maximum Gasteiger partial charge on any atom is 0.166 e. The fraction of sp³-hybridized carbons (Fsp3) is 0.0588. The molecule has 2 atom stereocenters. The number of thioether (sulfide) groups is 1. The summed E-state index contributed by atoms with van der Waals surface area (Å²) in [6, 6.07) is 61.2. The second kappa shape index (κ2) is 13.1. The van der Waals surface area contributed by atoms with Gasteiger partial charge in [0, 0.05) is 63.8 Å². The molecular formula is C51H34N4S2. The average molecular weight is 767 g/mol. The number of hydrogen-bond donors (Lipinski definition) is 1. The van der Waals surface area contributed by atoms with E-state index < -0.39 is 6.17 Å². The highest BCUT2D eigenvalue weighted by atomic mass is 32.2. The number of benzene rings is 7. The van der Waals surface area contributed by atoms with Crippen LogP contribution in [0.1, 0.15) is 22.6 Å². The first-order valence-corrected chi connectivity index (χ1v) is 21.1. The van der Waals surface area contributed by atoms with Crippen LogP contribution >= 0.6 is 23.1 Å².